The van der Waals surface area contributed by atoms with Crippen molar-refractivity contribution >= 4 is 44.6 Å². The van der Waals surface area contributed by atoms with Crippen molar-refractivity contribution in [3.63, 3.8) is 0 Å². The summed E-state index contributed by atoms with van der Waals surface area (Å²) in [6.07, 6.45) is 8.95. The second-order valence-electron chi connectivity index (χ2n) is 16.8. The minimum absolute atomic E-state index is 0.000313. The largest absolute Gasteiger partial charge is 0.344 e. The van der Waals surface area contributed by atoms with Crippen molar-refractivity contribution in [1.29, 1.82) is 0 Å². The Morgan fingerprint density at radius 3 is 2.07 bits per heavy atom. The van der Waals surface area contributed by atoms with E-state index in [4.69, 9.17) is 5.73 Å². The van der Waals surface area contributed by atoms with E-state index < -0.39 is 0 Å². The van der Waals surface area contributed by atoms with Crippen LogP contribution in [0.1, 0.15) is 72.2 Å². The molecule has 8 aromatic rings. The Morgan fingerprint density at radius 1 is 0.644 bits per heavy atom. The molecule has 0 aliphatic heterocycles. The average molecular weight is 765 g/mol. The van der Waals surface area contributed by atoms with Crippen LogP contribution in [0.15, 0.2) is 176 Å². The summed E-state index contributed by atoms with van der Waals surface area (Å²) in [6, 6.07) is 59.3. The molecule has 0 saturated heterocycles. The summed E-state index contributed by atoms with van der Waals surface area (Å²) < 4.78 is 0. The van der Waals surface area contributed by atoms with Crippen LogP contribution < -0.4 is 10.6 Å². The molecular formula is C57H52N2. The summed E-state index contributed by atoms with van der Waals surface area (Å²) in [5.74, 6) is 0. The van der Waals surface area contributed by atoms with Crippen LogP contribution in [0.5, 0.6) is 0 Å². The highest BCUT2D eigenvalue weighted by Crippen LogP contribution is 2.51. The molecule has 1 unspecified atom stereocenters. The Labute approximate surface area is 350 Å². The first-order valence-corrected chi connectivity index (χ1v) is 21.0. The molecule has 10 rings (SSSR count). The van der Waals surface area contributed by atoms with E-state index in [1.807, 2.05) is 36.4 Å². The van der Waals surface area contributed by atoms with Gasteiger partial charge in [0.2, 0.25) is 0 Å². The maximum atomic E-state index is 6.16. The van der Waals surface area contributed by atoms with Gasteiger partial charge in [0.05, 0.1) is 0 Å². The third-order valence-corrected chi connectivity index (χ3v) is 12.7. The van der Waals surface area contributed by atoms with Crippen LogP contribution in [-0.4, -0.2) is 7.05 Å². The number of fused-ring (bicyclic) bond motifs is 9. The van der Waals surface area contributed by atoms with Gasteiger partial charge in [0, 0.05) is 35.4 Å². The molecule has 2 heteroatoms. The molecule has 8 aromatic carbocycles. The molecule has 2 N–H and O–H groups in total. The lowest BCUT2D eigenvalue weighted by Crippen LogP contribution is -2.14. The molecule has 0 aromatic heterocycles. The van der Waals surface area contributed by atoms with E-state index in [1.54, 1.807) is 0 Å². The van der Waals surface area contributed by atoms with Gasteiger partial charge in [-0.1, -0.05) is 171 Å². The van der Waals surface area contributed by atoms with Crippen molar-refractivity contribution in [2.75, 3.05) is 11.9 Å². The van der Waals surface area contributed by atoms with E-state index in [1.165, 1.54) is 94.1 Å². The zero-order valence-corrected chi connectivity index (χ0v) is 34.8. The van der Waals surface area contributed by atoms with Crippen molar-refractivity contribution in [1.82, 2.24) is 0 Å². The summed E-state index contributed by atoms with van der Waals surface area (Å²) in [5.41, 5.74) is 24.4. The van der Waals surface area contributed by atoms with E-state index in [9.17, 15) is 0 Å². The molecule has 0 saturated carbocycles. The van der Waals surface area contributed by atoms with Crippen molar-refractivity contribution in [2.45, 2.75) is 52.0 Å². The molecule has 0 spiro atoms. The van der Waals surface area contributed by atoms with Gasteiger partial charge in [-0.25, -0.2) is 0 Å². The Hall–Kier alpha value is -6.48. The monoisotopic (exact) mass is 764 g/mol. The zero-order chi connectivity index (χ0) is 40.7. The number of nitrogens with zero attached hydrogens (tertiary/aromatic N) is 1. The van der Waals surface area contributed by atoms with Crippen molar-refractivity contribution in [3.8, 4) is 22.3 Å². The van der Waals surface area contributed by atoms with Crippen LogP contribution in [0.25, 0.3) is 55.4 Å². The third kappa shape index (κ3) is 7.09. The highest BCUT2D eigenvalue weighted by atomic mass is 15.1. The molecule has 59 heavy (non-hydrogen) atoms. The first kappa shape index (κ1) is 38.1. The van der Waals surface area contributed by atoms with Crippen molar-refractivity contribution < 1.29 is 0 Å². The molecule has 0 amide bonds. The van der Waals surface area contributed by atoms with E-state index in [0.717, 1.165) is 18.4 Å². The minimum Gasteiger partial charge on any atom is -0.344 e. The number of allylic oxidation sites excluding steroid dienone is 2. The number of nitrogens with two attached hydrogens (primary N) is 1. The second kappa shape index (κ2) is 15.7. The third-order valence-electron chi connectivity index (χ3n) is 12.7. The maximum Gasteiger partial charge on any atom is 0.0494 e. The van der Waals surface area contributed by atoms with Gasteiger partial charge in [-0.15, -0.1) is 0 Å². The van der Waals surface area contributed by atoms with Gasteiger partial charge in [-0.3, -0.25) is 0 Å². The molecule has 0 radical (unpaired) electrons. The first-order valence-electron chi connectivity index (χ1n) is 21.0. The normalized spacial score (nSPS) is 14.2. The number of rotatable bonds is 6. The molecule has 0 bridgehead atoms. The Kier molecular flexibility index (Phi) is 10.1. The number of benzene rings is 8. The Morgan fingerprint density at radius 2 is 1.31 bits per heavy atom. The minimum atomic E-state index is -0.0450. The fourth-order valence-corrected chi connectivity index (χ4v) is 9.35. The average Bonchev–Trinajstić information content (AvgIpc) is 3.52. The summed E-state index contributed by atoms with van der Waals surface area (Å²) in [7, 11) is 2.21. The van der Waals surface area contributed by atoms with E-state index in [-0.39, 0.29) is 11.5 Å². The predicted molar refractivity (Wildman–Crippen MR) is 255 cm³/mol. The van der Waals surface area contributed by atoms with Gasteiger partial charge in [0.25, 0.3) is 0 Å². The van der Waals surface area contributed by atoms with Gasteiger partial charge >= 0.3 is 0 Å². The van der Waals surface area contributed by atoms with Crippen LogP contribution in [0, 0.1) is 6.92 Å². The molecule has 1 atom stereocenters. The van der Waals surface area contributed by atoms with Crippen LogP contribution in [0.4, 0.5) is 11.4 Å². The quantitative estimate of drug-likeness (QED) is 0.171. The van der Waals surface area contributed by atoms with Crippen LogP contribution in [-0.2, 0) is 11.8 Å². The highest BCUT2D eigenvalue weighted by Gasteiger charge is 2.35. The lowest BCUT2D eigenvalue weighted by Gasteiger charge is -2.26. The molecule has 2 aliphatic rings. The second-order valence-corrected chi connectivity index (χ2v) is 16.8. The van der Waals surface area contributed by atoms with Crippen LogP contribution in [0.3, 0.4) is 0 Å². The summed E-state index contributed by atoms with van der Waals surface area (Å²) in [4.78, 5) is 2.37. The van der Waals surface area contributed by atoms with Gasteiger partial charge in [-0.2, -0.15) is 0 Å². The number of hydrogen-bond donors (Lipinski definition) is 1. The smallest absolute Gasteiger partial charge is 0.0494 e. The zero-order valence-electron chi connectivity index (χ0n) is 34.8. The van der Waals surface area contributed by atoms with Crippen molar-refractivity contribution in [3.05, 3.63) is 215 Å². The molecule has 0 fully saturated rings. The van der Waals surface area contributed by atoms with Gasteiger partial charge < -0.3 is 10.6 Å². The fraction of sp³-hybridized carbons (Fsp3) is 0.158. The fourth-order valence-electron chi connectivity index (χ4n) is 9.35. The molecule has 290 valence electrons. The summed E-state index contributed by atoms with van der Waals surface area (Å²) >= 11 is 0. The highest BCUT2D eigenvalue weighted by molar-refractivity contribution is 6.15. The Balaban J connectivity index is 0.000000222. The first-order chi connectivity index (χ1) is 28.7. The van der Waals surface area contributed by atoms with Gasteiger partial charge in [-0.05, 0) is 134 Å². The van der Waals surface area contributed by atoms with Gasteiger partial charge in [0.15, 0.2) is 0 Å². The van der Waals surface area contributed by atoms with Crippen LogP contribution in [0.2, 0.25) is 0 Å². The standard InChI is InChI=1S/C41H35N.C16H17N/c1-26-17-20-28(21-18-26)42(4)40-25-36-32-14-8-6-12-30(32)29-11-5-7-13-31(29)35(36)24-34(40)27-19-22-39-37(23-27)33-15-9-10-16-38(33)41(39,2)3;1-13(14-8-4-2-5-9-14)12-16(17)15-10-6-3-7-11-15/h5-6,8-12,14-25H,7,13H2,1-4H3;2-12,16H,17H2,1H3/b;13-12+. The lowest BCUT2D eigenvalue weighted by atomic mass is 9.82. The summed E-state index contributed by atoms with van der Waals surface area (Å²) in [5, 5.41) is 5.40. The topological polar surface area (TPSA) is 29.3 Å². The summed E-state index contributed by atoms with van der Waals surface area (Å²) in [6.45, 7) is 8.96. The molecule has 2 aliphatic carbocycles. The number of aryl methyl sites for hydroxylation is 2. The van der Waals surface area contributed by atoms with Gasteiger partial charge in [0.1, 0.15) is 0 Å². The number of hydrogen-bond acceptors (Lipinski definition) is 2. The maximum absolute atomic E-state index is 6.16. The van der Waals surface area contributed by atoms with E-state index in [0.29, 0.717) is 0 Å². The number of anilines is 2. The van der Waals surface area contributed by atoms with Crippen molar-refractivity contribution in [2.24, 2.45) is 5.73 Å². The molecule has 0 heterocycles. The Bertz CT molecular complexity index is 2880. The molecule has 2 nitrogen and oxygen atoms in total. The van der Waals surface area contributed by atoms with E-state index in [2.05, 4.69) is 185 Å². The SMILES string of the molecule is C/C(=C\C(N)c1ccccc1)c1ccccc1.Cc1ccc(N(C)c2cc3c(cc2-c2ccc4c(c2)-c2ccccc2C4(C)C)c2c(c4ccccc43)C=CCC2)cc1. The predicted octanol–water partition coefficient (Wildman–Crippen LogP) is 14.8. The molecular weight excluding hydrogens is 713 g/mol. The van der Waals surface area contributed by atoms with E-state index >= 15 is 0 Å². The lowest BCUT2D eigenvalue weighted by molar-refractivity contribution is 0.660. The van der Waals surface area contributed by atoms with Crippen LogP contribution >= 0.6 is 0 Å².